The first-order chi connectivity index (χ1) is 19.4. The van der Waals surface area contributed by atoms with Gasteiger partial charge in [0.05, 0.1) is 4.88 Å². The summed E-state index contributed by atoms with van der Waals surface area (Å²) >= 11 is 1.49. The molecule has 2 fully saturated rings. The number of carbonyl (C=O) groups excluding carboxylic acids is 6. The van der Waals surface area contributed by atoms with Crippen LogP contribution in [0.2, 0.25) is 0 Å². The normalized spacial score (nSPS) is 16.4. The zero-order valence-electron chi connectivity index (χ0n) is 22.8. The third kappa shape index (κ3) is 4.67. The van der Waals surface area contributed by atoms with Gasteiger partial charge in [0, 0.05) is 33.1 Å². The van der Waals surface area contributed by atoms with E-state index >= 15 is 0 Å². The number of rotatable bonds is 4. The van der Waals surface area contributed by atoms with Gasteiger partial charge in [-0.2, -0.15) is 0 Å². The van der Waals surface area contributed by atoms with Crippen molar-refractivity contribution in [3.05, 3.63) is 70.5 Å². The summed E-state index contributed by atoms with van der Waals surface area (Å²) in [7, 11) is 5.27. The van der Waals surface area contributed by atoms with Crippen molar-refractivity contribution in [1.29, 1.82) is 0 Å². The van der Waals surface area contributed by atoms with Crippen LogP contribution in [-0.4, -0.2) is 83.5 Å². The van der Waals surface area contributed by atoms with E-state index in [9.17, 15) is 28.8 Å². The summed E-state index contributed by atoms with van der Waals surface area (Å²) in [6.07, 6.45) is 2.79. The third-order valence-electron chi connectivity index (χ3n) is 6.85. The molecule has 3 aromatic rings. The average molecular weight is 573 g/mol. The second kappa shape index (κ2) is 10.1. The second-order valence-electron chi connectivity index (χ2n) is 9.58. The fraction of sp³-hybridized carbons (Fsp3) is 0.172. The van der Waals surface area contributed by atoms with Crippen LogP contribution in [0.4, 0.5) is 9.59 Å². The van der Waals surface area contributed by atoms with Gasteiger partial charge in [0.1, 0.15) is 22.7 Å². The number of furan rings is 1. The Morgan fingerprint density at radius 1 is 0.659 bits per heavy atom. The first-order valence-corrected chi connectivity index (χ1v) is 13.1. The molecule has 2 aliphatic rings. The number of imide groups is 4. The molecule has 11 nitrogen and oxygen atoms in total. The summed E-state index contributed by atoms with van der Waals surface area (Å²) in [4.78, 5) is 79.2. The lowest BCUT2D eigenvalue weighted by atomic mass is 10.0. The lowest BCUT2D eigenvalue weighted by molar-refractivity contribution is -0.135. The van der Waals surface area contributed by atoms with E-state index in [1.54, 1.807) is 24.3 Å². The molecule has 2 aromatic heterocycles. The fourth-order valence-corrected chi connectivity index (χ4v) is 5.56. The number of likely N-dealkylation sites (N-methyl/N-ethyl adjacent to an activating group) is 4. The highest BCUT2D eigenvalue weighted by atomic mass is 32.1. The number of barbiturate groups is 2. The molecule has 12 heteroatoms. The molecular formula is C29H24N4O7S. The van der Waals surface area contributed by atoms with Crippen LogP contribution in [0.1, 0.15) is 16.9 Å². The first-order valence-electron chi connectivity index (χ1n) is 12.3. The van der Waals surface area contributed by atoms with Crippen molar-refractivity contribution < 1.29 is 33.2 Å². The summed E-state index contributed by atoms with van der Waals surface area (Å²) in [6.45, 7) is 1.94. The molecule has 0 atom stereocenters. The summed E-state index contributed by atoms with van der Waals surface area (Å²) in [6, 6.07) is 11.3. The highest BCUT2D eigenvalue weighted by Gasteiger charge is 2.39. The van der Waals surface area contributed by atoms with Crippen LogP contribution in [0, 0.1) is 6.92 Å². The number of benzene rings is 1. The van der Waals surface area contributed by atoms with Gasteiger partial charge in [-0.3, -0.25) is 38.8 Å². The zero-order valence-corrected chi connectivity index (χ0v) is 23.6. The molecule has 208 valence electrons. The molecular weight excluding hydrogens is 548 g/mol. The SMILES string of the molecule is Cc1cc(-c2ccc(C=C3C(=O)N(C)C(=O)N(C)C3=O)cc2)sc1-c1ccc(C=C2C(=O)N(C)C(=O)N(C)C2=O)o1. The largest absolute Gasteiger partial charge is 0.456 e. The van der Waals surface area contributed by atoms with Gasteiger partial charge in [-0.1, -0.05) is 24.3 Å². The third-order valence-corrected chi connectivity index (χ3v) is 8.15. The molecule has 0 unspecified atom stereocenters. The molecule has 0 aliphatic carbocycles. The van der Waals surface area contributed by atoms with Crippen LogP contribution in [0.15, 0.2) is 58.0 Å². The molecule has 0 saturated carbocycles. The fourth-order valence-electron chi connectivity index (χ4n) is 4.42. The maximum absolute atomic E-state index is 12.5. The van der Waals surface area contributed by atoms with E-state index in [2.05, 4.69) is 0 Å². The van der Waals surface area contributed by atoms with E-state index in [1.807, 2.05) is 25.1 Å². The van der Waals surface area contributed by atoms with Crippen LogP contribution in [0.3, 0.4) is 0 Å². The molecule has 2 aliphatic heterocycles. The molecule has 8 amide bonds. The molecule has 5 rings (SSSR count). The highest BCUT2D eigenvalue weighted by molar-refractivity contribution is 7.19. The molecule has 0 radical (unpaired) electrons. The van der Waals surface area contributed by atoms with E-state index in [4.69, 9.17) is 4.42 Å². The van der Waals surface area contributed by atoms with Crippen molar-refractivity contribution >= 4 is 59.2 Å². The minimum Gasteiger partial charge on any atom is -0.456 e. The Kier molecular flexibility index (Phi) is 6.79. The van der Waals surface area contributed by atoms with Crippen LogP contribution in [0.25, 0.3) is 33.2 Å². The number of nitrogens with zero attached hydrogens (tertiary/aromatic N) is 4. The van der Waals surface area contributed by atoms with Crippen LogP contribution < -0.4 is 0 Å². The Hall–Kier alpha value is -5.10. The van der Waals surface area contributed by atoms with Gasteiger partial charge in [0.25, 0.3) is 23.6 Å². The molecule has 2 saturated heterocycles. The number of hydrogen-bond acceptors (Lipinski definition) is 8. The number of hydrogen-bond donors (Lipinski definition) is 0. The first kappa shape index (κ1) is 27.5. The van der Waals surface area contributed by atoms with E-state index < -0.39 is 35.7 Å². The van der Waals surface area contributed by atoms with E-state index in [0.717, 1.165) is 40.5 Å². The molecule has 0 N–H and O–H groups in total. The predicted molar refractivity (Wildman–Crippen MR) is 150 cm³/mol. The van der Waals surface area contributed by atoms with Crippen molar-refractivity contribution in [2.45, 2.75) is 6.92 Å². The number of thiophene rings is 1. The summed E-state index contributed by atoms with van der Waals surface area (Å²) in [5.41, 5.74) is 2.22. The van der Waals surface area contributed by atoms with Crippen molar-refractivity contribution in [2.75, 3.05) is 28.2 Å². The average Bonchev–Trinajstić information content (AvgIpc) is 3.60. The van der Waals surface area contributed by atoms with Gasteiger partial charge < -0.3 is 4.42 Å². The summed E-state index contributed by atoms with van der Waals surface area (Å²) in [5.74, 6) is -1.86. The van der Waals surface area contributed by atoms with Gasteiger partial charge >= 0.3 is 12.1 Å². The zero-order chi connectivity index (χ0) is 29.7. The quantitative estimate of drug-likeness (QED) is 0.343. The van der Waals surface area contributed by atoms with Gasteiger partial charge in [0.15, 0.2) is 0 Å². The monoisotopic (exact) mass is 572 g/mol. The van der Waals surface area contributed by atoms with E-state index in [0.29, 0.717) is 17.1 Å². The smallest absolute Gasteiger partial charge is 0.333 e. The lowest BCUT2D eigenvalue weighted by Gasteiger charge is -2.28. The molecule has 1 aromatic carbocycles. The van der Waals surface area contributed by atoms with Crippen LogP contribution >= 0.6 is 11.3 Å². The van der Waals surface area contributed by atoms with Crippen molar-refractivity contribution in [2.24, 2.45) is 0 Å². The van der Waals surface area contributed by atoms with Crippen molar-refractivity contribution in [1.82, 2.24) is 19.6 Å². The topological polar surface area (TPSA) is 129 Å². The highest BCUT2D eigenvalue weighted by Crippen LogP contribution is 2.39. The minimum atomic E-state index is -0.700. The van der Waals surface area contributed by atoms with Gasteiger partial charge in [0.2, 0.25) is 0 Å². The molecule has 4 heterocycles. The van der Waals surface area contributed by atoms with Gasteiger partial charge in [-0.25, -0.2) is 9.59 Å². The summed E-state index contributed by atoms with van der Waals surface area (Å²) < 4.78 is 5.95. The minimum absolute atomic E-state index is 0.0956. The Balaban J connectivity index is 1.38. The Morgan fingerprint density at radius 3 is 1.66 bits per heavy atom. The molecule has 0 spiro atoms. The van der Waals surface area contributed by atoms with Crippen molar-refractivity contribution in [3.63, 3.8) is 0 Å². The number of urea groups is 2. The second-order valence-corrected chi connectivity index (χ2v) is 10.6. The van der Waals surface area contributed by atoms with Crippen molar-refractivity contribution in [3.8, 4) is 21.1 Å². The Labute approximate surface area is 238 Å². The maximum Gasteiger partial charge on any atom is 0.333 e. The summed E-state index contributed by atoms with van der Waals surface area (Å²) in [5, 5.41) is 0. The van der Waals surface area contributed by atoms with E-state index in [-0.39, 0.29) is 11.1 Å². The standard InChI is InChI=1S/C29H24N4O7S/c1-15-12-22(17-8-6-16(7-9-17)13-19-24(34)30(2)28(38)31(3)25(19)35)41-23(15)21-11-10-18(40-21)14-20-26(36)32(4)29(39)33(5)27(20)37/h6-14H,1-5H3. The van der Waals surface area contributed by atoms with Crippen LogP contribution in [0.5, 0.6) is 0 Å². The van der Waals surface area contributed by atoms with Crippen LogP contribution in [-0.2, 0) is 19.2 Å². The Bertz CT molecular complexity index is 1680. The predicted octanol–water partition coefficient (Wildman–Crippen LogP) is 3.85. The van der Waals surface area contributed by atoms with Gasteiger partial charge in [-0.05, 0) is 54.0 Å². The molecule has 0 bridgehead atoms. The Morgan fingerprint density at radius 2 is 1.15 bits per heavy atom. The van der Waals surface area contributed by atoms with Gasteiger partial charge in [-0.15, -0.1) is 11.3 Å². The molecule has 41 heavy (non-hydrogen) atoms. The lowest BCUT2D eigenvalue weighted by Crippen LogP contribution is -2.52. The van der Waals surface area contributed by atoms with E-state index in [1.165, 1.54) is 51.7 Å². The number of carbonyl (C=O) groups is 6. The maximum atomic E-state index is 12.5. The number of aryl methyl sites for hydroxylation is 1. The number of amides is 8.